The van der Waals surface area contributed by atoms with Crippen molar-refractivity contribution in [2.45, 2.75) is 13.2 Å². The number of alkyl halides is 2. The summed E-state index contributed by atoms with van der Waals surface area (Å²) < 4.78 is 35.9. The molecule has 0 unspecified atom stereocenters. The first-order valence-electron chi connectivity index (χ1n) is 8.02. The van der Waals surface area contributed by atoms with E-state index in [9.17, 15) is 13.6 Å². The molecule has 7 nitrogen and oxygen atoms in total. The molecule has 0 bridgehead atoms. The van der Waals surface area contributed by atoms with Crippen molar-refractivity contribution >= 4 is 34.8 Å². The van der Waals surface area contributed by atoms with Crippen molar-refractivity contribution in [3.05, 3.63) is 53.3 Å². The van der Waals surface area contributed by atoms with Crippen LogP contribution in [0.5, 0.6) is 11.5 Å². The number of hydrogen-bond donors (Lipinski definition) is 1. The summed E-state index contributed by atoms with van der Waals surface area (Å²) >= 11 is 5.95. The van der Waals surface area contributed by atoms with Gasteiger partial charge in [-0.3, -0.25) is 4.79 Å². The van der Waals surface area contributed by atoms with Crippen LogP contribution in [0.25, 0.3) is 11.0 Å². The molecule has 0 aliphatic rings. The minimum absolute atomic E-state index is 0.0189. The number of aromatic nitrogens is 2. The van der Waals surface area contributed by atoms with Crippen LogP contribution in [0.2, 0.25) is 5.02 Å². The van der Waals surface area contributed by atoms with E-state index in [4.69, 9.17) is 16.3 Å². The van der Waals surface area contributed by atoms with Gasteiger partial charge in [0.15, 0.2) is 11.5 Å². The number of hydrazone groups is 1. The van der Waals surface area contributed by atoms with Gasteiger partial charge >= 0.3 is 6.61 Å². The Morgan fingerprint density at radius 3 is 2.93 bits per heavy atom. The Labute approximate surface area is 163 Å². The fraction of sp³-hybridized carbons (Fsp3) is 0.167. The van der Waals surface area contributed by atoms with Gasteiger partial charge in [0.2, 0.25) is 0 Å². The van der Waals surface area contributed by atoms with E-state index in [1.807, 2.05) is 24.3 Å². The van der Waals surface area contributed by atoms with E-state index in [1.165, 1.54) is 25.5 Å². The second-order valence-electron chi connectivity index (χ2n) is 5.57. The lowest BCUT2D eigenvalue weighted by molar-refractivity contribution is -0.121. The van der Waals surface area contributed by atoms with Gasteiger partial charge < -0.3 is 14.0 Å². The van der Waals surface area contributed by atoms with Gasteiger partial charge in [0.25, 0.3) is 5.91 Å². The zero-order valence-electron chi connectivity index (χ0n) is 14.6. The van der Waals surface area contributed by atoms with Crippen molar-refractivity contribution in [2.75, 3.05) is 7.11 Å². The smallest absolute Gasteiger partial charge is 0.387 e. The number of imidazole rings is 1. The quantitative estimate of drug-likeness (QED) is 0.480. The van der Waals surface area contributed by atoms with Gasteiger partial charge in [-0.1, -0.05) is 23.7 Å². The van der Waals surface area contributed by atoms with Gasteiger partial charge in [-0.15, -0.1) is 0 Å². The van der Waals surface area contributed by atoms with E-state index in [-0.39, 0.29) is 29.0 Å². The van der Waals surface area contributed by atoms with Crippen LogP contribution < -0.4 is 14.9 Å². The standard InChI is InChI=1S/C18H15ClF2N4O3/c1-27-15-7-11(6-12(19)17(15)28-18(20)21)8-23-24-16(26)9-25-10-22-13-4-2-3-5-14(13)25/h2-8,10,18H,9H2,1H3,(H,24,26)/b23-8-. The number of amides is 1. The van der Waals surface area contributed by atoms with Gasteiger partial charge in [0, 0.05) is 0 Å². The summed E-state index contributed by atoms with van der Waals surface area (Å²) in [5.41, 5.74) is 4.42. The minimum atomic E-state index is -3.04. The van der Waals surface area contributed by atoms with Crippen molar-refractivity contribution in [1.29, 1.82) is 0 Å². The largest absolute Gasteiger partial charge is 0.493 e. The lowest BCUT2D eigenvalue weighted by Crippen LogP contribution is -2.22. The number of ether oxygens (including phenoxy) is 2. The average Bonchev–Trinajstić information content (AvgIpc) is 3.06. The normalized spacial score (nSPS) is 11.3. The molecule has 0 saturated carbocycles. The number of halogens is 3. The summed E-state index contributed by atoms with van der Waals surface area (Å²) in [4.78, 5) is 16.3. The molecule has 146 valence electrons. The number of nitrogens with one attached hydrogen (secondary N) is 1. The predicted molar refractivity (Wildman–Crippen MR) is 100 cm³/mol. The van der Waals surface area contributed by atoms with Crippen LogP contribution in [0.4, 0.5) is 8.78 Å². The molecular weight excluding hydrogens is 394 g/mol. The van der Waals surface area contributed by atoms with Gasteiger partial charge in [0.1, 0.15) is 6.54 Å². The van der Waals surface area contributed by atoms with Crippen LogP contribution in [0, 0.1) is 0 Å². The Hall–Kier alpha value is -3.20. The number of para-hydroxylation sites is 2. The summed E-state index contributed by atoms with van der Waals surface area (Å²) in [5.74, 6) is -0.618. The highest BCUT2D eigenvalue weighted by Gasteiger charge is 2.15. The summed E-state index contributed by atoms with van der Waals surface area (Å²) in [6, 6.07) is 10.2. The fourth-order valence-corrected chi connectivity index (χ4v) is 2.79. The number of carbonyl (C=O) groups is 1. The maximum absolute atomic E-state index is 12.4. The first-order chi connectivity index (χ1) is 13.5. The molecule has 0 aliphatic carbocycles. The molecule has 0 spiro atoms. The van der Waals surface area contributed by atoms with Gasteiger partial charge in [-0.2, -0.15) is 13.9 Å². The average molecular weight is 409 g/mol. The first-order valence-corrected chi connectivity index (χ1v) is 8.40. The number of benzene rings is 2. The van der Waals surface area contributed by atoms with Gasteiger partial charge in [-0.25, -0.2) is 10.4 Å². The van der Waals surface area contributed by atoms with E-state index in [1.54, 1.807) is 10.9 Å². The summed E-state index contributed by atoms with van der Waals surface area (Å²) in [6.45, 7) is -3.01. The number of carbonyl (C=O) groups excluding carboxylic acids is 1. The number of nitrogens with zero attached hydrogens (tertiary/aromatic N) is 3. The Kier molecular flexibility index (Phi) is 6.05. The molecule has 0 aliphatic heterocycles. The van der Waals surface area contributed by atoms with Crippen molar-refractivity contribution in [3.8, 4) is 11.5 Å². The SMILES string of the molecule is COc1cc(/C=N\NC(=O)Cn2cnc3ccccc32)cc(Cl)c1OC(F)F. The zero-order chi connectivity index (χ0) is 20.1. The van der Waals surface area contributed by atoms with Crippen molar-refractivity contribution in [3.63, 3.8) is 0 Å². The Morgan fingerprint density at radius 2 is 2.18 bits per heavy atom. The monoisotopic (exact) mass is 408 g/mol. The third-order valence-electron chi connectivity index (χ3n) is 3.70. The molecule has 0 fully saturated rings. The Morgan fingerprint density at radius 1 is 1.39 bits per heavy atom. The molecule has 1 N–H and O–H groups in total. The van der Waals surface area contributed by atoms with Crippen LogP contribution in [-0.4, -0.2) is 35.4 Å². The highest BCUT2D eigenvalue weighted by atomic mass is 35.5. The lowest BCUT2D eigenvalue weighted by atomic mass is 10.2. The van der Waals surface area contributed by atoms with Gasteiger partial charge in [0.05, 0.1) is 35.7 Å². The van der Waals surface area contributed by atoms with Crippen LogP contribution in [0.1, 0.15) is 5.56 Å². The molecule has 1 amide bonds. The van der Waals surface area contributed by atoms with E-state index < -0.39 is 6.61 Å². The zero-order valence-corrected chi connectivity index (χ0v) is 15.4. The van der Waals surface area contributed by atoms with E-state index in [0.717, 1.165) is 11.0 Å². The molecule has 1 heterocycles. The van der Waals surface area contributed by atoms with Crippen molar-refractivity contribution in [1.82, 2.24) is 15.0 Å². The summed E-state index contributed by atoms with van der Waals surface area (Å²) in [5, 5.41) is 3.78. The highest BCUT2D eigenvalue weighted by molar-refractivity contribution is 6.32. The topological polar surface area (TPSA) is 77.7 Å². The minimum Gasteiger partial charge on any atom is -0.493 e. The molecule has 3 rings (SSSR count). The molecule has 2 aromatic carbocycles. The van der Waals surface area contributed by atoms with Crippen LogP contribution >= 0.6 is 11.6 Å². The Balaban J connectivity index is 1.67. The Bertz CT molecular complexity index is 1020. The molecule has 10 heteroatoms. The maximum Gasteiger partial charge on any atom is 0.387 e. The second-order valence-corrected chi connectivity index (χ2v) is 5.97. The van der Waals surface area contributed by atoms with Crippen molar-refractivity contribution < 1.29 is 23.0 Å². The third kappa shape index (κ3) is 4.55. The molecule has 0 atom stereocenters. The second kappa shape index (κ2) is 8.66. The number of fused-ring (bicyclic) bond motifs is 1. The third-order valence-corrected chi connectivity index (χ3v) is 3.98. The highest BCUT2D eigenvalue weighted by Crippen LogP contribution is 2.37. The van der Waals surface area contributed by atoms with Gasteiger partial charge in [-0.05, 0) is 29.8 Å². The summed E-state index contributed by atoms with van der Waals surface area (Å²) in [6.07, 6.45) is 2.88. The van der Waals surface area contributed by atoms with E-state index >= 15 is 0 Å². The van der Waals surface area contributed by atoms with Crippen molar-refractivity contribution in [2.24, 2.45) is 5.10 Å². The first kappa shape index (κ1) is 19.6. The fourth-order valence-electron chi connectivity index (χ4n) is 2.52. The maximum atomic E-state index is 12.4. The van der Waals surface area contributed by atoms with E-state index in [0.29, 0.717) is 5.56 Å². The summed E-state index contributed by atoms with van der Waals surface area (Å²) in [7, 11) is 1.29. The van der Waals surface area contributed by atoms with Crippen LogP contribution in [-0.2, 0) is 11.3 Å². The van der Waals surface area contributed by atoms with Crippen LogP contribution in [0.15, 0.2) is 47.8 Å². The lowest BCUT2D eigenvalue weighted by Gasteiger charge is -2.12. The molecule has 28 heavy (non-hydrogen) atoms. The molecular formula is C18H15ClF2N4O3. The predicted octanol–water partition coefficient (Wildman–Crippen LogP) is 3.45. The number of methoxy groups -OCH3 is 1. The number of hydrogen-bond acceptors (Lipinski definition) is 5. The van der Waals surface area contributed by atoms with E-state index in [2.05, 4.69) is 20.2 Å². The number of rotatable bonds is 7. The molecule has 1 aromatic heterocycles. The molecule has 3 aromatic rings. The van der Waals surface area contributed by atoms with Crippen LogP contribution in [0.3, 0.4) is 0 Å². The molecule has 0 saturated heterocycles. The molecule has 0 radical (unpaired) electrons.